The van der Waals surface area contributed by atoms with Crippen molar-refractivity contribution in [2.45, 2.75) is 13.0 Å². The van der Waals surface area contributed by atoms with Crippen LogP contribution in [-0.2, 0) is 0 Å². The van der Waals surface area contributed by atoms with Gasteiger partial charge in [0, 0.05) is 15.2 Å². The number of nitrogens with two attached hydrogens (primary N) is 1. The summed E-state index contributed by atoms with van der Waals surface area (Å²) in [6.07, 6.45) is 0. The Balaban J connectivity index is 2.13. The van der Waals surface area contributed by atoms with Crippen LogP contribution in [0.2, 0.25) is 0 Å². The Hall–Kier alpha value is -1.23. The summed E-state index contributed by atoms with van der Waals surface area (Å²) >= 11 is 5.18. The van der Waals surface area contributed by atoms with Crippen molar-refractivity contribution in [3.8, 4) is 0 Å². The monoisotopic (exact) mass is 332 g/mol. The molecule has 0 amide bonds. The summed E-state index contributed by atoms with van der Waals surface area (Å²) in [5.41, 5.74) is 10.5. The molecule has 2 N–H and O–H groups in total. The van der Waals surface area contributed by atoms with Crippen LogP contribution < -0.4 is 5.73 Å². The Morgan fingerprint density at radius 1 is 1.26 bits per heavy atom. The van der Waals surface area contributed by atoms with E-state index in [1.165, 1.54) is 10.9 Å². The van der Waals surface area contributed by atoms with Crippen LogP contribution in [-0.4, -0.2) is 4.98 Å². The molecule has 0 aliphatic heterocycles. The minimum absolute atomic E-state index is 0.191. The van der Waals surface area contributed by atoms with Crippen LogP contribution in [0.4, 0.5) is 0 Å². The van der Waals surface area contributed by atoms with Gasteiger partial charge in [-0.25, -0.2) is 0 Å². The van der Waals surface area contributed by atoms with Gasteiger partial charge < -0.3 is 5.73 Å². The van der Waals surface area contributed by atoms with Gasteiger partial charge in [-0.2, -0.15) is 11.3 Å². The van der Waals surface area contributed by atoms with Gasteiger partial charge in [0.25, 0.3) is 0 Å². The van der Waals surface area contributed by atoms with Crippen molar-refractivity contribution in [2.75, 3.05) is 0 Å². The predicted molar refractivity (Wildman–Crippen MR) is 84.5 cm³/mol. The van der Waals surface area contributed by atoms with Gasteiger partial charge in [0.05, 0.1) is 17.3 Å². The Kier molecular flexibility index (Phi) is 3.39. The average molecular weight is 333 g/mol. The summed E-state index contributed by atoms with van der Waals surface area (Å²) in [6, 6.07) is 10.0. The van der Waals surface area contributed by atoms with E-state index in [4.69, 9.17) is 10.7 Å². The first-order valence-corrected chi connectivity index (χ1v) is 7.74. The molecule has 2 nitrogen and oxygen atoms in total. The van der Waals surface area contributed by atoms with E-state index in [1.807, 2.05) is 23.6 Å². The molecule has 1 atom stereocenters. The number of halogens is 1. The number of rotatable bonds is 2. The second-order valence-electron chi connectivity index (χ2n) is 4.53. The maximum absolute atomic E-state index is 6.34. The third-order valence-electron chi connectivity index (χ3n) is 3.24. The number of aromatic nitrogens is 1. The van der Waals surface area contributed by atoms with E-state index in [9.17, 15) is 0 Å². The number of hydrogen-bond acceptors (Lipinski definition) is 3. The predicted octanol–water partition coefficient (Wildman–Crippen LogP) is 4.42. The van der Waals surface area contributed by atoms with Gasteiger partial charge in [0.15, 0.2) is 0 Å². The number of aryl methyl sites for hydroxylation is 1. The minimum atomic E-state index is -0.191. The van der Waals surface area contributed by atoms with Gasteiger partial charge in [-0.1, -0.05) is 18.2 Å². The summed E-state index contributed by atoms with van der Waals surface area (Å²) < 4.78 is 1.05. The van der Waals surface area contributed by atoms with E-state index in [0.29, 0.717) is 0 Å². The molecule has 2 aromatic heterocycles. The summed E-state index contributed by atoms with van der Waals surface area (Å²) in [7, 11) is 0. The minimum Gasteiger partial charge on any atom is -0.319 e. The molecule has 0 fully saturated rings. The smallest absolute Gasteiger partial charge is 0.0745 e. The van der Waals surface area contributed by atoms with E-state index in [-0.39, 0.29) is 6.04 Å². The molecular weight excluding hydrogens is 320 g/mol. The lowest BCUT2D eigenvalue weighted by atomic mass is 10.0. The summed E-state index contributed by atoms with van der Waals surface area (Å²) in [6.45, 7) is 2.10. The number of nitrogens with zero attached hydrogens (tertiary/aromatic N) is 1. The van der Waals surface area contributed by atoms with Crippen molar-refractivity contribution in [3.63, 3.8) is 0 Å². The molecule has 96 valence electrons. The van der Waals surface area contributed by atoms with Crippen molar-refractivity contribution in [1.82, 2.24) is 4.98 Å². The van der Waals surface area contributed by atoms with Crippen molar-refractivity contribution in [2.24, 2.45) is 5.73 Å². The molecule has 0 saturated heterocycles. The van der Waals surface area contributed by atoms with Crippen molar-refractivity contribution >= 4 is 38.2 Å². The molecule has 0 aliphatic rings. The fraction of sp³-hybridized carbons (Fsp3) is 0.133. The highest BCUT2D eigenvalue weighted by atomic mass is 79.9. The third-order valence-corrected chi connectivity index (χ3v) is 4.99. The van der Waals surface area contributed by atoms with Crippen LogP contribution in [0, 0.1) is 6.92 Å². The molecule has 0 bridgehead atoms. The zero-order valence-electron chi connectivity index (χ0n) is 10.4. The second kappa shape index (κ2) is 5.04. The fourth-order valence-electron chi connectivity index (χ4n) is 2.21. The van der Waals surface area contributed by atoms with Crippen LogP contribution in [0.25, 0.3) is 10.9 Å². The normalized spacial score (nSPS) is 12.8. The van der Waals surface area contributed by atoms with Gasteiger partial charge in [0.2, 0.25) is 0 Å². The molecule has 3 rings (SSSR count). The number of para-hydroxylation sites is 1. The second-order valence-corrected chi connectivity index (χ2v) is 6.13. The summed E-state index contributed by atoms with van der Waals surface area (Å²) in [5, 5.41) is 5.30. The molecule has 0 aliphatic carbocycles. The highest BCUT2D eigenvalue weighted by Crippen LogP contribution is 2.30. The van der Waals surface area contributed by atoms with Crippen LogP contribution in [0.15, 0.2) is 45.6 Å². The molecule has 1 unspecified atom stereocenters. The van der Waals surface area contributed by atoms with Crippen molar-refractivity contribution < 1.29 is 0 Å². The summed E-state index contributed by atoms with van der Waals surface area (Å²) in [5.74, 6) is 0. The molecule has 1 aromatic carbocycles. The van der Waals surface area contributed by atoms with E-state index in [0.717, 1.165) is 21.2 Å². The Bertz CT molecular complexity index is 736. The lowest BCUT2D eigenvalue weighted by Crippen LogP contribution is -2.13. The van der Waals surface area contributed by atoms with Crippen molar-refractivity contribution in [3.05, 3.63) is 62.4 Å². The first kappa shape index (κ1) is 12.8. The highest BCUT2D eigenvalue weighted by Gasteiger charge is 2.15. The molecule has 0 radical (unpaired) electrons. The lowest BCUT2D eigenvalue weighted by Gasteiger charge is -2.13. The quantitative estimate of drug-likeness (QED) is 0.754. The SMILES string of the molecule is Cc1cc(C(N)c2cscc2Br)nc2ccccc12. The number of pyridine rings is 1. The number of benzene rings is 1. The highest BCUT2D eigenvalue weighted by molar-refractivity contribution is 9.10. The topological polar surface area (TPSA) is 38.9 Å². The molecule has 19 heavy (non-hydrogen) atoms. The average Bonchev–Trinajstić information content (AvgIpc) is 2.84. The van der Waals surface area contributed by atoms with Crippen LogP contribution in [0.1, 0.15) is 22.9 Å². The van der Waals surface area contributed by atoms with Gasteiger partial charge in [-0.15, -0.1) is 0 Å². The molecule has 0 saturated carbocycles. The molecule has 4 heteroatoms. The van der Waals surface area contributed by atoms with Crippen LogP contribution in [0.5, 0.6) is 0 Å². The standard InChI is InChI=1S/C15H13BrN2S/c1-9-6-14(15(17)11-7-19-8-12(11)16)18-13-5-3-2-4-10(9)13/h2-8,15H,17H2,1H3. The van der Waals surface area contributed by atoms with Gasteiger partial charge in [-0.3, -0.25) is 4.98 Å². The number of thiophene rings is 1. The Labute approximate surface area is 124 Å². The molecular formula is C15H13BrN2S. The van der Waals surface area contributed by atoms with E-state index >= 15 is 0 Å². The van der Waals surface area contributed by atoms with E-state index < -0.39 is 0 Å². The first-order chi connectivity index (χ1) is 9.16. The van der Waals surface area contributed by atoms with Crippen LogP contribution in [0.3, 0.4) is 0 Å². The maximum atomic E-state index is 6.34. The lowest BCUT2D eigenvalue weighted by molar-refractivity contribution is 0.834. The maximum Gasteiger partial charge on any atom is 0.0745 e. The third kappa shape index (κ3) is 2.31. The number of hydrogen-bond donors (Lipinski definition) is 1. The largest absolute Gasteiger partial charge is 0.319 e. The fourth-order valence-corrected chi connectivity index (χ4v) is 3.79. The zero-order valence-corrected chi connectivity index (χ0v) is 12.8. The first-order valence-electron chi connectivity index (χ1n) is 6.00. The Morgan fingerprint density at radius 2 is 2.05 bits per heavy atom. The zero-order chi connectivity index (χ0) is 13.4. The van der Waals surface area contributed by atoms with E-state index in [2.05, 4.69) is 40.4 Å². The van der Waals surface area contributed by atoms with Crippen molar-refractivity contribution in [1.29, 1.82) is 0 Å². The molecule has 0 spiro atoms. The van der Waals surface area contributed by atoms with Gasteiger partial charge in [-0.05, 0) is 51.5 Å². The summed E-state index contributed by atoms with van der Waals surface area (Å²) in [4.78, 5) is 4.69. The number of fused-ring (bicyclic) bond motifs is 1. The Morgan fingerprint density at radius 3 is 2.79 bits per heavy atom. The van der Waals surface area contributed by atoms with Gasteiger partial charge >= 0.3 is 0 Å². The van der Waals surface area contributed by atoms with Crippen LogP contribution >= 0.6 is 27.3 Å². The molecule has 3 aromatic rings. The molecule has 2 heterocycles. The van der Waals surface area contributed by atoms with Gasteiger partial charge in [0.1, 0.15) is 0 Å². The van der Waals surface area contributed by atoms with E-state index in [1.54, 1.807) is 11.3 Å².